The third-order valence-electron chi connectivity index (χ3n) is 4.13. The van der Waals surface area contributed by atoms with E-state index < -0.39 is 0 Å². The highest BCUT2D eigenvalue weighted by atomic mass is 32.1. The molecule has 2 heterocycles. The average Bonchev–Trinajstić information content (AvgIpc) is 2.85. The number of thiazole rings is 1. The third kappa shape index (κ3) is 4.28. The maximum Gasteiger partial charge on any atom is 0.222 e. The smallest absolute Gasteiger partial charge is 0.222 e. The van der Waals surface area contributed by atoms with Gasteiger partial charge in [-0.25, -0.2) is 4.98 Å². The lowest BCUT2D eigenvalue weighted by Gasteiger charge is -2.29. The van der Waals surface area contributed by atoms with Gasteiger partial charge in [0.15, 0.2) is 0 Å². The Labute approximate surface area is 125 Å². The first-order chi connectivity index (χ1) is 9.56. The number of aryl methyl sites for hydroxylation is 1. The van der Waals surface area contributed by atoms with E-state index in [2.05, 4.69) is 17.2 Å². The van der Waals surface area contributed by atoms with Crippen LogP contribution in [0.2, 0.25) is 0 Å². The van der Waals surface area contributed by atoms with Gasteiger partial charge in [-0.2, -0.15) is 0 Å². The van der Waals surface area contributed by atoms with Crippen molar-refractivity contribution >= 4 is 17.2 Å². The molecule has 1 aliphatic heterocycles. The number of piperidine rings is 1. The van der Waals surface area contributed by atoms with Crippen molar-refractivity contribution in [1.82, 2.24) is 15.2 Å². The molecule has 2 rings (SSSR count). The Hall–Kier alpha value is -0.940. The van der Waals surface area contributed by atoms with Crippen LogP contribution in [0.5, 0.6) is 0 Å². The van der Waals surface area contributed by atoms with Crippen molar-refractivity contribution in [2.75, 3.05) is 20.1 Å². The Morgan fingerprint density at radius 3 is 3.05 bits per heavy atom. The number of nitrogens with zero attached hydrogens (tertiary/aromatic N) is 2. The van der Waals surface area contributed by atoms with Gasteiger partial charge in [0.25, 0.3) is 0 Å². The highest BCUT2D eigenvalue weighted by Gasteiger charge is 2.23. The molecule has 5 heteroatoms. The van der Waals surface area contributed by atoms with E-state index in [1.807, 2.05) is 19.4 Å². The zero-order valence-corrected chi connectivity index (χ0v) is 13.5. The maximum atomic E-state index is 12.3. The minimum atomic E-state index is 0.230. The predicted molar refractivity (Wildman–Crippen MR) is 82.7 cm³/mol. The van der Waals surface area contributed by atoms with Gasteiger partial charge in [-0.1, -0.05) is 6.92 Å². The molecule has 0 saturated carbocycles. The second-order valence-corrected chi connectivity index (χ2v) is 6.96. The Morgan fingerprint density at radius 2 is 2.45 bits per heavy atom. The first-order valence-corrected chi connectivity index (χ1v) is 8.30. The molecule has 2 atom stereocenters. The van der Waals surface area contributed by atoms with Crippen LogP contribution in [0.1, 0.15) is 36.9 Å². The molecule has 0 radical (unpaired) electrons. The molecule has 0 spiro atoms. The molecule has 1 N–H and O–H groups in total. The number of nitrogens with one attached hydrogen (secondary N) is 1. The summed E-state index contributed by atoms with van der Waals surface area (Å²) in [5.41, 5.74) is 0.996. The highest BCUT2D eigenvalue weighted by molar-refractivity contribution is 7.09. The van der Waals surface area contributed by atoms with Crippen LogP contribution in [0.15, 0.2) is 5.38 Å². The van der Waals surface area contributed by atoms with Gasteiger partial charge in [0.05, 0.1) is 17.2 Å². The quantitative estimate of drug-likeness (QED) is 0.907. The monoisotopic (exact) mass is 295 g/mol. The Morgan fingerprint density at radius 1 is 1.65 bits per heavy atom. The van der Waals surface area contributed by atoms with Crippen LogP contribution in [0, 0.1) is 18.8 Å². The fourth-order valence-electron chi connectivity index (χ4n) is 2.77. The van der Waals surface area contributed by atoms with Crippen LogP contribution in [-0.2, 0) is 11.3 Å². The van der Waals surface area contributed by atoms with Gasteiger partial charge in [0.1, 0.15) is 0 Å². The third-order valence-corrected chi connectivity index (χ3v) is 4.95. The molecule has 1 aromatic heterocycles. The molecule has 0 aromatic carbocycles. The molecular formula is C15H25N3OS. The lowest BCUT2D eigenvalue weighted by Crippen LogP contribution is -2.36. The standard InChI is InChI=1S/C15H25N3OS/c1-11(13-5-4-6-16-8-13)7-15(19)18(3)9-14-10-20-12(2)17-14/h10-11,13,16H,4-9H2,1-3H3. The highest BCUT2D eigenvalue weighted by Crippen LogP contribution is 2.23. The number of hydrogen-bond donors (Lipinski definition) is 1. The summed E-state index contributed by atoms with van der Waals surface area (Å²) in [4.78, 5) is 18.5. The number of aromatic nitrogens is 1. The van der Waals surface area contributed by atoms with Crippen LogP contribution in [0.4, 0.5) is 0 Å². The van der Waals surface area contributed by atoms with Crippen molar-refractivity contribution in [3.05, 3.63) is 16.1 Å². The molecule has 4 nitrogen and oxygen atoms in total. The van der Waals surface area contributed by atoms with E-state index in [1.165, 1.54) is 12.8 Å². The van der Waals surface area contributed by atoms with Gasteiger partial charge >= 0.3 is 0 Å². The van der Waals surface area contributed by atoms with Crippen molar-refractivity contribution in [2.45, 2.75) is 39.7 Å². The SMILES string of the molecule is Cc1nc(CN(C)C(=O)CC(C)C2CCCNC2)cs1. The van der Waals surface area contributed by atoms with E-state index in [4.69, 9.17) is 0 Å². The molecule has 1 aliphatic rings. The Balaban J connectivity index is 1.80. The molecule has 112 valence electrons. The Kier molecular flexibility index (Phi) is 5.54. The zero-order valence-electron chi connectivity index (χ0n) is 12.7. The normalized spacial score (nSPS) is 20.6. The molecule has 1 amide bonds. The fraction of sp³-hybridized carbons (Fsp3) is 0.733. The van der Waals surface area contributed by atoms with E-state index in [1.54, 1.807) is 16.2 Å². The second kappa shape index (κ2) is 7.18. The summed E-state index contributed by atoms with van der Waals surface area (Å²) in [6, 6.07) is 0. The summed E-state index contributed by atoms with van der Waals surface area (Å²) in [6.45, 7) is 7.01. The molecule has 0 bridgehead atoms. The lowest BCUT2D eigenvalue weighted by atomic mass is 9.85. The summed E-state index contributed by atoms with van der Waals surface area (Å²) in [5.74, 6) is 1.33. The second-order valence-electron chi connectivity index (χ2n) is 5.90. The number of carbonyl (C=O) groups excluding carboxylic acids is 1. The van der Waals surface area contributed by atoms with E-state index in [-0.39, 0.29) is 5.91 Å². The molecule has 1 saturated heterocycles. The molecule has 1 fully saturated rings. The molecule has 20 heavy (non-hydrogen) atoms. The number of amides is 1. The summed E-state index contributed by atoms with van der Waals surface area (Å²) in [5, 5.41) is 6.52. The minimum absolute atomic E-state index is 0.230. The van der Waals surface area contributed by atoms with Gasteiger partial charge < -0.3 is 10.2 Å². The van der Waals surface area contributed by atoms with E-state index in [0.29, 0.717) is 24.8 Å². The predicted octanol–water partition coefficient (Wildman–Crippen LogP) is 2.44. The first kappa shape index (κ1) is 15.4. The van der Waals surface area contributed by atoms with Crippen molar-refractivity contribution in [1.29, 1.82) is 0 Å². The summed E-state index contributed by atoms with van der Waals surface area (Å²) >= 11 is 1.64. The van der Waals surface area contributed by atoms with Crippen molar-refractivity contribution in [3.8, 4) is 0 Å². The summed E-state index contributed by atoms with van der Waals surface area (Å²) in [7, 11) is 1.88. The molecule has 2 unspecified atom stereocenters. The van der Waals surface area contributed by atoms with Gasteiger partial charge in [-0.15, -0.1) is 11.3 Å². The van der Waals surface area contributed by atoms with Gasteiger partial charge in [0, 0.05) is 18.8 Å². The zero-order chi connectivity index (χ0) is 14.5. The van der Waals surface area contributed by atoms with Crippen LogP contribution >= 0.6 is 11.3 Å². The lowest BCUT2D eigenvalue weighted by molar-refractivity contribution is -0.131. The number of carbonyl (C=O) groups is 1. The van der Waals surface area contributed by atoms with Crippen LogP contribution < -0.4 is 5.32 Å². The van der Waals surface area contributed by atoms with E-state index in [9.17, 15) is 4.79 Å². The van der Waals surface area contributed by atoms with Crippen LogP contribution in [-0.4, -0.2) is 35.9 Å². The maximum absolute atomic E-state index is 12.3. The Bertz CT molecular complexity index is 440. The van der Waals surface area contributed by atoms with E-state index in [0.717, 1.165) is 23.8 Å². The van der Waals surface area contributed by atoms with E-state index >= 15 is 0 Å². The fourth-order valence-corrected chi connectivity index (χ4v) is 3.38. The first-order valence-electron chi connectivity index (χ1n) is 7.42. The van der Waals surface area contributed by atoms with Crippen LogP contribution in [0.25, 0.3) is 0 Å². The van der Waals surface area contributed by atoms with Crippen molar-refractivity contribution in [2.24, 2.45) is 11.8 Å². The summed E-state index contributed by atoms with van der Waals surface area (Å²) < 4.78 is 0. The van der Waals surface area contributed by atoms with Crippen molar-refractivity contribution < 1.29 is 4.79 Å². The summed E-state index contributed by atoms with van der Waals surface area (Å²) in [6.07, 6.45) is 3.12. The minimum Gasteiger partial charge on any atom is -0.340 e. The number of hydrogen-bond acceptors (Lipinski definition) is 4. The van der Waals surface area contributed by atoms with Crippen molar-refractivity contribution in [3.63, 3.8) is 0 Å². The molecule has 0 aliphatic carbocycles. The molecule has 1 aromatic rings. The van der Waals surface area contributed by atoms with Gasteiger partial charge in [0.2, 0.25) is 5.91 Å². The topological polar surface area (TPSA) is 45.2 Å². The van der Waals surface area contributed by atoms with Crippen LogP contribution in [0.3, 0.4) is 0 Å². The van der Waals surface area contributed by atoms with Gasteiger partial charge in [-0.05, 0) is 44.7 Å². The average molecular weight is 295 g/mol. The van der Waals surface area contributed by atoms with Gasteiger partial charge in [-0.3, -0.25) is 4.79 Å². The number of rotatable bonds is 5. The molecular weight excluding hydrogens is 270 g/mol. The largest absolute Gasteiger partial charge is 0.340 e.